The van der Waals surface area contributed by atoms with Gasteiger partial charge in [-0.3, -0.25) is 14.7 Å². The molecule has 3 heterocycles. The number of nitrogens with one attached hydrogen (secondary N) is 2. The first-order valence-electron chi connectivity index (χ1n) is 12.3. The second kappa shape index (κ2) is 11.1. The number of ether oxygens (including phenoxy) is 1. The average molecular weight is 547 g/mol. The van der Waals surface area contributed by atoms with Crippen LogP contribution in [0.3, 0.4) is 0 Å². The summed E-state index contributed by atoms with van der Waals surface area (Å²) in [4.78, 5) is 40.5. The molecule has 5 rings (SSSR count). The first-order chi connectivity index (χ1) is 18.8. The summed E-state index contributed by atoms with van der Waals surface area (Å²) in [6.45, 7) is 3.86. The van der Waals surface area contributed by atoms with Crippen molar-refractivity contribution in [1.29, 1.82) is 0 Å². The molecule has 0 spiro atoms. The zero-order chi connectivity index (χ0) is 27.4. The van der Waals surface area contributed by atoms with E-state index in [1.54, 1.807) is 6.07 Å². The number of carbonyl (C=O) groups is 2. The van der Waals surface area contributed by atoms with E-state index in [4.69, 9.17) is 9.72 Å². The minimum Gasteiger partial charge on any atom is -0.452 e. The number of rotatable bonds is 8. The van der Waals surface area contributed by atoms with Gasteiger partial charge in [0.2, 0.25) is 5.95 Å². The van der Waals surface area contributed by atoms with Crippen molar-refractivity contribution < 1.29 is 22.7 Å². The predicted molar refractivity (Wildman–Crippen MR) is 145 cm³/mol. The SMILES string of the molecule is CCN1CCc2nc3ccccc3c(C(=O)OCC(=O)Nc3ccc(S(=O)(=O)Nc4ncccn4)cc3)c2C1. The van der Waals surface area contributed by atoms with Crippen LogP contribution in [0.2, 0.25) is 0 Å². The highest BCUT2D eigenvalue weighted by Gasteiger charge is 2.26. The molecule has 0 bridgehead atoms. The molecule has 0 radical (unpaired) electrons. The summed E-state index contributed by atoms with van der Waals surface area (Å²) >= 11 is 0. The molecule has 0 atom stereocenters. The number of anilines is 2. The molecule has 12 heteroatoms. The molecule has 39 heavy (non-hydrogen) atoms. The number of benzene rings is 2. The predicted octanol–water partition coefficient (Wildman–Crippen LogP) is 3.00. The second-order valence-corrected chi connectivity index (χ2v) is 10.6. The average Bonchev–Trinajstić information content (AvgIpc) is 2.95. The lowest BCUT2D eigenvalue weighted by atomic mass is 9.96. The molecule has 1 amide bonds. The molecule has 0 saturated heterocycles. The van der Waals surface area contributed by atoms with Crippen LogP contribution in [-0.4, -0.2) is 59.8 Å². The van der Waals surface area contributed by atoms with Crippen molar-refractivity contribution in [3.8, 4) is 0 Å². The summed E-state index contributed by atoms with van der Waals surface area (Å²) in [6.07, 6.45) is 3.57. The maximum absolute atomic E-state index is 13.3. The highest BCUT2D eigenvalue weighted by Crippen LogP contribution is 2.28. The van der Waals surface area contributed by atoms with Gasteiger partial charge in [0.15, 0.2) is 6.61 Å². The molecule has 11 nitrogen and oxygen atoms in total. The Labute approximate surface area is 225 Å². The van der Waals surface area contributed by atoms with Gasteiger partial charge in [-0.05, 0) is 42.9 Å². The number of nitrogens with zero attached hydrogens (tertiary/aromatic N) is 4. The number of esters is 1. The molecule has 2 aromatic carbocycles. The van der Waals surface area contributed by atoms with Gasteiger partial charge in [0.1, 0.15) is 0 Å². The van der Waals surface area contributed by atoms with E-state index >= 15 is 0 Å². The number of para-hydroxylation sites is 1. The minimum absolute atomic E-state index is 0.0326. The van der Waals surface area contributed by atoms with E-state index in [1.807, 2.05) is 24.3 Å². The number of carbonyl (C=O) groups excluding carboxylic acids is 2. The van der Waals surface area contributed by atoms with E-state index in [0.717, 1.165) is 30.8 Å². The Bertz CT molecular complexity index is 1630. The maximum Gasteiger partial charge on any atom is 0.339 e. The van der Waals surface area contributed by atoms with E-state index < -0.39 is 28.5 Å². The largest absolute Gasteiger partial charge is 0.452 e. The van der Waals surface area contributed by atoms with E-state index in [2.05, 4.69) is 31.8 Å². The number of amides is 1. The lowest BCUT2D eigenvalue weighted by Crippen LogP contribution is -2.32. The molecule has 2 N–H and O–H groups in total. The molecule has 4 aromatic rings. The summed E-state index contributed by atoms with van der Waals surface area (Å²) in [5, 5.41) is 3.30. The third kappa shape index (κ3) is 5.86. The molecule has 2 aromatic heterocycles. The Morgan fingerprint density at radius 3 is 2.51 bits per heavy atom. The Kier molecular flexibility index (Phi) is 7.48. The zero-order valence-corrected chi connectivity index (χ0v) is 21.9. The van der Waals surface area contributed by atoms with Crippen molar-refractivity contribution in [3.63, 3.8) is 0 Å². The highest BCUT2D eigenvalue weighted by atomic mass is 32.2. The number of aromatic nitrogens is 3. The van der Waals surface area contributed by atoms with Crippen molar-refractivity contribution in [1.82, 2.24) is 19.9 Å². The second-order valence-electron chi connectivity index (χ2n) is 8.87. The zero-order valence-electron chi connectivity index (χ0n) is 21.1. The summed E-state index contributed by atoms with van der Waals surface area (Å²) < 4.78 is 32.8. The molecule has 200 valence electrons. The molecular formula is C27H26N6O5S. The standard InChI is InChI=1S/C27H26N6O5S/c1-2-33-15-12-23-21(16-33)25(20-6-3-4-7-22(20)31-23)26(35)38-17-24(34)30-18-8-10-19(11-9-18)39(36,37)32-27-28-13-5-14-29-27/h3-11,13-14H,2,12,15-17H2,1H3,(H,30,34)(H,28,29,32). The summed E-state index contributed by atoms with van der Waals surface area (Å²) in [7, 11) is -3.91. The highest BCUT2D eigenvalue weighted by molar-refractivity contribution is 7.92. The Morgan fingerprint density at radius 2 is 1.77 bits per heavy atom. The number of hydrogen-bond donors (Lipinski definition) is 2. The summed E-state index contributed by atoms with van der Waals surface area (Å²) in [5.74, 6) is -1.20. The third-order valence-electron chi connectivity index (χ3n) is 6.35. The van der Waals surface area contributed by atoms with Crippen molar-refractivity contribution in [2.24, 2.45) is 0 Å². The topological polar surface area (TPSA) is 143 Å². The van der Waals surface area contributed by atoms with Crippen LogP contribution in [0.5, 0.6) is 0 Å². The Morgan fingerprint density at radius 1 is 1.03 bits per heavy atom. The quantitative estimate of drug-likeness (QED) is 0.319. The van der Waals surface area contributed by atoms with Crippen LogP contribution in [0.4, 0.5) is 11.6 Å². The van der Waals surface area contributed by atoms with Crippen molar-refractivity contribution in [3.05, 3.63) is 83.8 Å². The summed E-state index contributed by atoms with van der Waals surface area (Å²) in [6, 6.07) is 14.5. The maximum atomic E-state index is 13.3. The van der Waals surface area contributed by atoms with Crippen molar-refractivity contribution in [2.45, 2.75) is 24.8 Å². The van der Waals surface area contributed by atoms with Gasteiger partial charge >= 0.3 is 5.97 Å². The van der Waals surface area contributed by atoms with Gasteiger partial charge in [-0.1, -0.05) is 25.1 Å². The fourth-order valence-corrected chi connectivity index (χ4v) is 5.36. The summed E-state index contributed by atoms with van der Waals surface area (Å²) in [5.41, 5.74) is 3.19. The Hall–Kier alpha value is -4.42. The normalized spacial score (nSPS) is 13.5. The van der Waals surface area contributed by atoms with Crippen LogP contribution in [0.25, 0.3) is 10.9 Å². The van der Waals surface area contributed by atoms with Crippen molar-refractivity contribution >= 4 is 44.4 Å². The van der Waals surface area contributed by atoms with E-state index in [1.165, 1.54) is 36.7 Å². The van der Waals surface area contributed by atoms with Crippen LogP contribution in [0.1, 0.15) is 28.5 Å². The van der Waals surface area contributed by atoms with Gasteiger partial charge in [-0.2, -0.15) is 0 Å². The molecule has 1 aliphatic rings. The van der Waals surface area contributed by atoms with E-state index in [9.17, 15) is 18.0 Å². The minimum atomic E-state index is -3.91. The third-order valence-corrected chi connectivity index (χ3v) is 7.70. The van der Waals surface area contributed by atoms with Crippen LogP contribution < -0.4 is 10.0 Å². The van der Waals surface area contributed by atoms with Crippen LogP contribution in [-0.2, 0) is 32.5 Å². The fraction of sp³-hybridized carbons (Fsp3) is 0.222. The lowest BCUT2D eigenvalue weighted by molar-refractivity contribution is -0.119. The Balaban J connectivity index is 1.26. The first-order valence-corrected chi connectivity index (χ1v) is 13.8. The molecular weight excluding hydrogens is 520 g/mol. The van der Waals surface area contributed by atoms with Gasteiger partial charge in [0.25, 0.3) is 15.9 Å². The molecule has 1 aliphatic heterocycles. The van der Waals surface area contributed by atoms with E-state index in [-0.39, 0.29) is 10.8 Å². The first kappa shape index (κ1) is 26.2. The molecule has 0 saturated carbocycles. The molecule has 0 unspecified atom stereocenters. The number of pyridine rings is 1. The smallest absolute Gasteiger partial charge is 0.339 e. The molecule has 0 fully saturated rings. The van der Waals surface area contributed by atoms with Crippen LogP contribution >= 0.6 is 0 Å². The number of sulfonamides is 1. The fourth-order valence-electron chi connectivity index (χ4n) is 4.40. The van der Waals surface area contributed by atoms with Crippen LogP contribution in [0, 0.1) is 0 Å². The van der Waals surface area contributed by atoms with Crippen molar-refractivity contribution in [2.75, 3.05) is 29.7 Å². The lowest BCUT2D eigenvalue weighted by Gasteiger charge is -2.28. The van der Waals surface area contributed by atoms with E-state index in [0.29, 0.717) is 28.7 Å². The van der Waals surface area contributed by atoms with Gasteiger partial charge in [-0.15, -0.1) is 0 Å². The molecule has 0 aliphatic carbocycles. The van der Waals surface area contributed by atoms with Gasteiger partial charge < -0.3 is 10.1 Å². The number of hydrogen-bond acceptors (Lipinski definition) is 9. The number of likely N-dealkylation sites (N-methyl/N-ethyl adjacent to an activating group) is 1. The number of fused-ring (bicyclic) bond motifs is 2. The monoisotopic (exact) mass is 546 g/mol. The van der Waals surface area contributed by atoms with Gasteiger partial charge in [-0.25, -0.2) is 27.9 Å². The van der Waals surface area contributed by atoms with Gasteiger partial charge in [0, 0.05) is 54.2 Å². The van der Waals surface area contributed by atoms with Gasteiger partial charge in [0.05, 0.1) is 16.0 Å². The van der Waals surface area contributed by atoms with Crippen LogP contribution in [0.15, 0.2) is 71.9 Å².